The smallest absolute Gasteiger partial charge is 0.293 e. The summed E-state index contributed by atoms with van der Waals surface area (Å²) in [6, 6.07) is 9.37. The van der Waals surface area contributed by atoms with Gasteiger partial charge in [0.15, 0.2) is 0 Å². The van der Waals surface area contributed by atoms with Crippen molar-refractivity contribution in [2.24, 2.45) is 5.92 Å². The number of nitrogens with one attached hydrogen (secondary N) is 3. The number of amides is 1. The van der Waals surface area contributed by atoms with Crippen molar-refractivity contribution in [3.63, 3.8) is 0 Å². The van der Waals surface area contributed by atoms with Crippen LogP contribution in [-0.2, 0) is 9.53 Å². The molecule has 1 aromatic rings. The zero-order valence-corrected chi connectivity index (χ0v) is 15.3. The summed E-state index contributed by atoms with van der Waals surface area (Å²) in [7, 11) is 0. The Hall–Kier alpha value is -2.34. The Labute approximate surface area is 155 Å². The van der Waals surface area contributed by atoms with E-state index in [2.05, 4.69) is 22.5 Å². The molecule has 6 nitrogen and oxygen atoms in total. The highest BCUT2D eigenvalue weighted by Gasteiger charge is 2.29. The lowest BCUT2D eigenvalue weighted by Gasteiger charge is -2.31. The first kappa shape index (κ1) is 18.5. The van der Waals surface area contributed by atoms with Crippen molar-refractivity contribution < 1.29 is 9.53 Å². The number of hydrogen-bond donors (Lipinski definition) is 3. The van der Waals surface area contributed by atoms with E-state index in [1.165, 1.54) is 6.21 Å². The van der Waals surface area contributed by atoms with Gasteiger partial charge in [-0.2, -0.15) is 0 Å². The number of benzene rings is 1. The van der Waals surface area contributed by atoms with E-state index in [9.17, 15) is 4.79 Å². The Morgan fingerprint density at radius 3 is 2.62 bits per heavy atom. The minimum Gasteiger partial charge on any atom is -0.483 e. The van der Waals surface area contributed by atoms with Crippen molar-refractivity contribution in [1.82, 2.24) is 10.2 Å². The molecule has 2 atom stereocenters. The van der Waals surface area contributed by atoms with E-state index in [0.29, 0.717) is 11.6 Å². The normalized spacial score (nSPS) is 24.0. The first-order valence-corrected chi connectivity index (χ1v) is 9.41. The lowest BCUT2D eigenvalue weighted by molar-refractivity contribution is -0.117. The van der Waals surface area contributed by atoms with Gasteiger partial charge in [-0.15, -0.1) is 0 Å². The highest BCUT2D eigenvalue weighted by atomic mass is 16.5. The maximum atomic E-state index is 13.0. The molecule has 2 aliphatic rings. The predicted octanol–water partition coefficient (Wildman–Crippen LogP) is 2.60. The largest absolute Gasteiger partial charge is 0.483 e. The second kappa shape index (κ2) is 8.85. The summed E-state index contributed by atoms with van der Waals surface area (Å²) in [5.41, 5.74) is 1.29. The molecule has 2 fully saturated rings. The van der Waals surface area contributed by atoms with Crippen LogP contribution in [0.15, 0.2) is 41.8 Å². The molecule has 1 saturated heterocycles. The summed E-state index contributed by atoms with van der Waals surface area (Å²) in [4.78, 5) is 15.0. The molecule has 140 valence electrons. The van der Waals surface area contributed by atoms with Crippen LogP contribution >= 0.6 is 0 Å². The molecule has 6 heteroatoms. The highest BCUT2D eigenvalue weighted by Crippen LogP contribution is 2.30. The highest BCUT2D eigenvalue weighted by molar-refractivity contribution is 6.05. The number of carbonyl (C=O) groups excluding carboxylic acids is 1. The summed E-state index contributed by atoms with van der Waals surface area (Å²) >= 11 is 0. The average molecular weight is 356 g/mol. The summed E-state index contributed by atoms with van der Waals surface area (Å²) in [5.74, 6) is 0.596. The molecule has 3 N–H and O–H groups in total. The molecule has 1 aliphatic carbocycles. The van der Waals surface area contributed by atoms with Crippen molar-refractivity contribution in [2.75, 3.05) is 31.5 Å². The van der Waals surface area contributed by atoms with Crippen LogP contribution in [0.2, 0.25) is 0 Å². The van der Waals surface area contributed by atoms with Gasteiger partial charge >= 0.3 is 0 Å². The topological polar surface area (TPSA) is 77.5 Å². The molecular formula is C20H28N4O2. The SMILES string of the molecule is CC1CCC(O/C(C(=O)Nc2ccccc2)=C(/C=N)N2CCNCC2)C1. The van der Waals surface area contributed by atoms with Crippen LogP contribution in [0.25, 0.3) is 0 Å². The summed E-state index contributed by atoms with van der Waals surface area (Å²) in [6.45, 7) is 5.41. The number of piperazine rings is 1. The zero-order valence-electron chi connectivity index (χ0n) is 15.3. The van der Waals surface area contributed by atoms with Gasteiger partial charge in [0.05, 0.1) is 6.10 Å². The minimum absolute atomic E-state index is 0.0411. The minimum atomic E-state index is -0.284. The lowest BCUT2D eigenvalue weighted by atomic mass is 10.1. The number of allylic oxidation sites excluding steroid dienone is 1. The Balaban J connectivity index is 1.85. The molecule has 0 aromatic heterocycles. The molecule has 3 rings (SSSR count). The van der Waals surface area contributed by atoms with E-state index in [-0.39, 0.29) is 17.8 Å². The van der Waals surface area contributed by atoms with Crippen LogP contribution in [0.3, 0.4) is 0 Å². The Morgan fingerprint density at radius 1 is 1.27 bits per heavy atom. The zero-order chi connectivity index (χ0) is 18.4. The molecule has 26 heavy (non-hydrogen) atoms. The van der Waals surface area contributed by atoms with Crippen LogP contribution in [0, 0.1) is 11.3 Å². The third-order valence-electron chi connectivity index (χ3n) is 5.00. The van der Waals surface area contributed by atoms with E-state index in [4.69, 9.17) is 10.1 Å². The molecule has 1 aromatic carbocycles. The molecule has 0 bridgehead atoms. The van der Waals surface area contributed by atoms with Gasteiger partial charge in [-0.1, -0.05) is 25.1 Å². The van der Waals surface area contributed by atoms with Crippen LogP contribution in [0.5, 0.6) is 0 Å². The van der Waals surface area contributed by atoms with Crippen molar-refractivity contribution in [2.45, 2.75) is 32.3 Å². The van der Waals surface area contributed by atoms with Gasteiger partial charge in [0, 0.05) is 38.1 Å². The van der Waals surface area contributed by atoms with Crippen molar-refractivity contribution in [3.8, 4) is 0 Å². The van der Waals surface area contributed by atoms with Crippen molar-refractivity contribution in [3.05, 3.63) is 41.8 Å². The molecule has 1 amide bonds. The number of ether oxygens (including phenoxy) is 1. The van der Waals surface area contributed by atoms with Gasteiger partial charge in [-0.3, -0.25) is 4.79 Å². The number of carbonyl (C=O) groups is 1. The molecule has 0 spiro atoms. The fourth-order valence-electron chi connectivity index (χ4n) is 3.57. The fraction of sp³-hybridized carbons (Fsp3) is 0.500. The van der Waals surface area contributed by atoms with Gasteiger partial charge in [-0.25, -0.2) is 0 Å². The van der Waals surface area contributed by atoms with Gasteiger partial charge in [0.2, 0.25) is 5.76 Å². The van der Waals surface area contributed by atoms with Crippen molar-refractivity contribution in [1.29, 1.82) is 5.41 Å². The van der Waals surface area contributed by atoms with Gasteiger partial charge in [0.25, 0.3) is 5.91 Å². The number of rotatable bonds is 6. The number of nitrogens with zero attached hydrogens (tertiary/aromatic N) is 1. The first-order chi connectivity index (χ1) is 12.7. The molecule has 1 aliphatic heterocycles. The fourth-order valence-corrected chi connectivity index (χ4v) is 3.57. The first-order valence-electron chi connectivity index (χ1n) is 9.41. The second-order valence-corrected chi connectivity index (χ2v) is 7.07. The van der Waals surface area contributed by atoms with Gasteiger partial charge < -0.3 is 25.7 Å². The van der Waals surface area contributed by atoms with E-state index < -0.39 is 0 Å². The van der Waals surface area contributed by atoms with E-state index in [1.807, 2.05) is 30.3 Å². The van der Waals surface area contributed by atoms with E-state index >= 15 is 0 Å². The van der Waals surface area contributed by atoms with Crippen LogP contribution < -0.4 is 10.6 Å². The summed E-state index contributed by atoms with van der Waals surface area (Å²) < 4.78 is 6.18. The van der Waals surface area contributed by atoms with Gasteiger partial charge in [-0.05, 0) is 37.3 Å². The third-order valence-corrected chi connectivity index (χ3v) is 5.00. The Kier molecular flexibility index (Phi) is 6.28. The van der Waals surface area contributed by atoms with E-state index in [0.717, 1.165) is 51.1 Å². The number of anilines is 1. The summed E-state index contributed by atoms with van der Waals surface area (Å²) in [6.07, 6.45) is 4.32. The standard InChI is InChI=1S/C20H28N4O2/c1-15-7-8-17(13-15)26-19(18(14-21)24-11-9-22-10-12-24)20(25)23-16-5-3-2-4-6-16/h2-6,14-15,17,21-22H,7-13H2,1H3,(H,23,25)/b19-18-,21-14?. The molecule has 2 unspecified atom stereocenters. The second-order valence-electron chi connectivity index (χ2n) is 7.07. The van der Waals surface area contributed by atoms with Crippen molar-refractivity contribution >= 4 is 17.8 Å². The lowest BCUT2D eigenvalue weighted by Crippen LogP contribution is -2.44. The molecule has 0 radical (unpaired) electrons. The summed E-state index contributed by atoms with van der Waals surface area (Å²) in [5, 5.41) is 14.1. The number of para-hydroxylation sites is 1. The average Bonchev–Trinajstić information content (AvgIpc) is 3.08. The van der Waals surface area contributed by atoms with E-state index in [1.54, 1.807) is 0 Å². The molecular weight excluding hydrogens is 328 g/mol. The third kappa shape index (κ3) is 4.64. The molecule has 1 saturated carbocycles. The van der Waals surface area contributed by atoms with Gasteiger partial charge in [0.1, 0.15) is 5.70 Å². The van der Waals surface area contributed by atoms with Crippen LogP contribution in [-0.4, -0.2) is 49.3 Å². The maximum Gasteiger partial charge on any atom is 0.293 e. The predicted molar refractivity (Wildman–Crippen MR) is 103 cm³/mol. The van der Waals surface area contributed by atoms with Crippen LogP contribution in [0.1, 0.15) is 26.2 Å². The Bertz CT molecular complexity index is 653. The Morgan fingerprint density at radius 2 is 2.00 bits per heavy atom. The van der Waals surface area contributed by atoms with Crippen LogP contribution in [0.4, 0.5) is 5.69 Å². The number of hydrogen-bond acceptors (Lipinski definition) is 5. The monoisotopic (exact) mass is 356 g/mol. The maximum absolute atomic E-state index is 13.0. The molecule has 1 heterocycles. The quantitative estimate of drug-likeness (QED) is 0.416.